The Balaban J connectivity index is 2.22. The van der Waals surface area contributed by atoms with Gasteiger partial charge in [-0.25, -0.2) is 0 Å². The van der Waals surface area contributed by atoms with Gasteiger partial charge in [0.15, 0.2) is 0 Å². The molecule has 68 valence electrons. The zero-order valence-corrected chi connectivity index (χ0v) is 9.22. The van der Waals surface area contributed by atoms with E-state index in [0.29, 0.717) is 5.17 Å². The number of rotatable bonds is 1. The quantitative estimate of drug-likeness (QED) is 0.756. The molecule has 1 aromatic carbocycles. The van der Waals surface area contributed by atoms with Crippen LogP contribution in [0.1, 0.15) is 6.42 Å². The topological polar surface area (TPSA) is 15.6 Å². The molecule has 1 heterocycles. The average Bonchev–Trinajstić information content (AvgIpc) is 2.53. The van der Waals surface area contributed by atoms with Gasteiger partial charge in [0, 0.05) is 17.4 Å². The zero-order valence-electron chi connectivity index (χ0n) is 6.87. The van der Waals surface area contributed by atoms with Crippen molar-refractivity contribution < 1.29 is 0 Å². The molecule has 0 amide bonds. The fourth-order valence-corrected chi connectivity index (χ4v) is 1.67. The lowest BCUT2D eigenvalue weighted by Gasteiger charge is -2.12. The molecule has 0 unspecified atom stereocenters. The number of hydrogen-bond donors (Lipinski definition) is 0. The van der Waals surface area contributed by atoms with Gasteiger partial charge in [-0.2, -0.15) is 5.10 Å². The van der Waals surface area contributed by atoms with Gasteiger partial charge in [0.05, 0.1) is 5.69 Å². The first kappa shape index (κ1) is 9.03. The Labute approximate surface area is 90.3 Å². The maximum absolute atomic E-state index is 5.79. The van der Waals surface area contributed by atoms with Crippen LogP contribution in [0, 0.1) is 0 Å². The van der Waals surface area contributed by atoms with Gasteiger partial charge in [0.1, 0.15) is 5.17 Å². The standard InChI is InChI=1S/C9H8BrClN2/c10-7-1-3-8(4-2-7)13-6-5-9(11)12-13/h1-4H,5-6H2. The van der Waals surface area contributed by atoms with E-state index in [1.165, 1.54) is 0 Å². The monoisotopic (exact) mass is 258 g/mol. The number of hydrazone groups is 1. The SMILES string of the molecule is ClC1=NN(c2ccc(Br)cc2)CC1. The van der Waals surface area contributed by atoms with Crippen LogP contribution in [0.4, 0.5) is 5.69 Å². The van der Waals surface area contributed by atoms with Crippen molar-refractivity contribution in [2.75, 3.05) is 11.6 Å². The largest absolute Gasteiger partial charge is 0.264 e. The van der Waals surface area contributed by atoms with Gasteiger partial charge in [0.2, 0.25) is 0 Å². The van der Waals surface area contributed by atoms with E-state index in [0.717, 1.165) is 23.1 Å². The van der Waals surface area contributed by atoms with Crippen molar-refractivity contribution in [2.45, 2.75) is 6.42 Å². The summed E-state index contributed by atoms with van der Waals surface area (Å²) in [5.41, 5.74) is 1.08. The Kier molecular flexibility index (Phi) is 2.56. The molecule has 0 saturated carbocycles. The van der Waals surface area contributed by atoms with E-state index in [9.17, 15) is 0 Å². The van der Waals surface area contributed by atoms with E-state index in [-0.39, 0.29) is 0 Å². The third-order valence-electron chi connectivity index (χ3n) is 1.88. The molecule has 13 heavy (non-hydrogen) atoms. The molecule has 2 rings (SSSR count). The number of benzene rings is 1. The second-order valence-electron chi connectivity index (χ2n) is 2.83. The van der Waals surface area contributed by atoms with Crippen LogP contribution in [0.3, 0.4) is 0 Å². The summed E-state index contributed by atoms with van der Waals surface area (Å²) in [6, 6.07) is 8.03. The molecule has 1 aliphatic rings. The van der Waals surface area contributed by atoms with Crippen LogP contribution in [-0.2, 0) is 0 Å². The Bertz CT molecular complexity index is 334. The molecule has 4 heteroatoms. The van der Waals surface area contributed by atoms with Crippen LogP contribution in [0.15, 0.2) is 33.8 Å². The molecule has 1 aromatic rings. The highest BCUT2D eigenvalue weighted by atomic mass is 79.9. The van der Waals surface area contributed by atoms with Crippen LogP contribution in [0.2, 0.25) is 0 Å². The molecule has 0 N–H and O–H groups in total. The van der Waals surface area contributed by atoms with Crippen LogP contribution < -0.4 is 5.01 Å². The highest BCUT2D eigenvalue weighted by Crippen LogP contribution is 2.22. The molecule has 2 nitrogen and oxygen atoms in total. The van der Waals surface area contributed by atoms with Crippen molar-refractivity contribution in [1.82, 2.24) is 0 Å². The molecule has 0 aromatic heterocycles. The normalized spacial score (nSPS) is 16.2. The lowest BCUT2D eigenvalue weighted by atomic mass is 10.3. The lowest BCUT2D eigenvalue weighted by molar-refractivity contribution is 0.922. The van der Waals surface area contributed by atoms with Crippen molar-refractivity contribution >= 4 is 38.4 Å². The minimum atomic E-state index is 0.683. The van der Waals surface area contributed by atoms with E-state index in [1.807, 2.05) is 29.3 Å². The van der Waals surface area contributed by atoms with E-state index < -0.39 is 0 Å². The number of nitrogens with zero attached hydrogens (tertiary/aromatic N) is 2. The number of halogens is 2. The summed E-state index contributed by atoms with van der Waals surface area (Å²) in [5.74, 6) is 0. The van der Waals surface area contributed by atoms with Crippen molar-refractivity contribution in [3.05, 3.63) is 28.7 Å². The first-order valence-corrected chi connectivity index (χ1v) is 5.19. The predicted octanol–water partition coefficient (Wildman–Crippen LogP) is 3.21. The van der Waals surface area contributed by atoms with Gasteiger partial charge < -0.3 is 0 Å². The maximum atomic E-state index is 5.79. The van der Waals surface area contributed by atoms with Crippen molar-refractivity contribution in [2.24, 2.45) is 5.10 Å². The third kappa shape index (κ3) is 2.03. The zero-order chi connectivity index (χ0) is 9.26. The molecule has 0 bridgehead atoms. The van der Waals surface area contributed by atoms with Crippen LogP contribution in [0.5, 0.6) is 0 Å². The second kappa shape index (κ2) is 3.68. The van der Waals surface area contributed by atoms with Crippen molar-refractivity contribution in [1.29, 1.82) is 0 Å². The minimum absolute atomic E-state index is 0.683. The van der Waals surface area contributed by atoms with Gasteiger partial charge >= 0.3 is 0 Å². The van der Waals surface area contributed by atoms with Gasteiger partial charge in [-0.1, -0.05) is 27.5 Å². The average molecular weight is 260 g/mol. The van der Waals surface area contributed by atoms with Gasteiger partial charge in [0.25, 0.3) is 0 Å². The molecule has 0 fully saturated rings. The molecule has 0 spiro atoms. The fourth-order valence-electron chi connectivity index (χ4n) is 1.23. The van der Waals surface area contributed by atoms with E-state index in [2.05, 4.69) is 21.0 Å². The fraction of sp³-hybridized carbons (Fsp3) is 0.222. The highest BCUT2D eigenvalue weighted by Gasteiger charge is 2.13. The number of anilines is 1. The highest BCUT2D eigenvalue weighted by molar-refractivity contribution is 9.10. The van der Waals surface area contributed by atoms with Crippen LogP contribution in [-0.4, -0.2) is 11.7 Å². The summed E-state index contributed by atoms with van der Waals surface area (Å²) in [5, 5.41) is 6.78. The smallest absolute Gasteiger partial charge is 0.128 e. The number of hydrogen-bond acceptors (Lipinski definition) is 2. The van der Waals surface area contributed by atoms with E-state index >= 15 is 0 Å². The summed E-state index contributed by atoms with van der Waals surface area (Å²) in [7, 11) is 0. The van der Waals surface area contributed by atoms with Gasteiger partial charge in [-0.15, -0.1) is 0 Å². The van der Waals surface area contributed by atoms with Gasteiger partial charge in [-0.3, -0.25) is 5.01 Å². The van der Waals surface area contributed by atoms with Crippen LogP contribution >= 0.6 is 27.5 Å². The Hall–Kier alpha value is -0.540. The third-order valence-corrected chi connectivity index (χ3v) is 2.68. The first-order valence-electron chi connectivity index (χ1n) is 4.02. The Morgan fingerprint density at radius 1 is 1.31 bits per heavy atom. The van der Waals surface area contributed by atoms with Crippen LogP contribution in [0.25, 0.3) is 0 Å². The summed E-state index contributed by atoms with van der Waals surface area (Å²) < 4.78 is 1.07. The van der Waals surface area contributed by atoms with E-state index in [4.69, 9.17) is 11.6 Å². The molecular weight excluding hydrogens is 251 g/mol. The molecule has 1 aliphatic heterocycles. The first-order chi connectivity index (χ1) is 6.25. The lowest BCUT2D eigenvalue weighted by Crippen LogP contribution is -2.11. The maximum Gasteiger partial charge on any atom is 0.128 e. The molecular formula is C9H8BrClN2. The van der Waals surface area contributed by atoms with Gasteiger partial charge in [-0.05, 0) is 24.3 Å². The second-order valence-corrected chi connectivity index (χ2v) is 4.18. The Morgan fingerprint density at radius 3 is 2.54 bits per heavy atom. The van der Waals surface area contributed by atoms with E-state index in [1.54, 1.807) is 0 Å². The molecule has 0 saturated heterocycles. The Morgan fingerprint density at radius 2 is 2.00 bits per heavy atom. The van der Waals surface area contributed by atoms with Crippen molar-refractivity contribution in [3.63, 3.8) is 0 Å². The van der Waals surface area contributed by atoms with Crippen molar-refractivity contribution in [3.8, 4) is 0 Å². The summed E-state index contributed by atoms with van der Waals surface area (Å²) in [6.45, 7) is 0.875. The molecule has 0 atom stereocenters. The summed E-state index contributed by atoms with van der Waals surface area (Å²) in [6.07, 6.45) is 0.845. The predicted molar refractivity (Wildman–Crippen MR) is 59.4 cm³/mol. The molecule has 0 aliphatic carbocycles. The minimum Gasteiger partial charge on any atom is -0.264 e. The summed E-state index contributed by atoms with van der Waals surface area (Å²) in [4.78, 5) is 0. The summed E-state index contributed by atoms with van der Waals surface area (Å²) >= 11 is 9.17. The molecule has 0 radical (unpaired) electrons.